The summed E-state index contributed by atoms with van der Waals surface area (Å²) in [5.41, 5.74) is 3.19. The summed E-state index contributed by atoms with van der Waals surface area (Å²) in [7, 11) is 0. The molecule has 2 amide bonds. The maximum Gasteiger partial charge on any atom is 0.267 e. The minimum Gasteiger partial charge on any atom is -0.478 e. The highest BCUT2D eigenvalue weighted by atomic mass is 32.2. The second kappa shape index (κ2) is 7.93. The summed E-state index contributed by atoms with van der Waals surface area (Å²) in [6.07, 6.45) is 2.09. The quantitative estimate of drug-likeness (QED) is 0.498. The van der Waals surface area contributed by atoms with Crippen LogP contribution in [0.25, 0.3) is 0 Å². The molecule has 0 radical (unpaired) electrons. The first kappa shape index (κ1) is 21.6. The molecule has 8 heteroatoms. The van der Waals surface area contributed by atoms with Gasteiger partial charge >= 0.3 is 0 Å². The maximum atomic E-state index is 13.8. The number of para-hydroxylation sites is 1. The first-order valence-corrected chi connectivity index (χ1v) is 13.2. The average Bonchev–Trinajstić information content (AvgIpc) is 3.39. The van der Waals surface area contributed by atoms with Crippen molar-refractivity contribution >= 4 is 23.6 Å². The molecule has 0 bridgehead atoms. The van der Waals surface area contributed by atoms with Gasteiger partial charge in [-0.2, -0.15) is 0 Å². The molecule has 0 spiro atoms. The van der Waals surface area contributed by atoms with Crippen molar-refractivity contribution in [2.75, 3.05) is 19.6 Å². The molecule has 0 N–H and O–H groups in total. The minimum atomic E-state index is -0.743. The van der Waals surface area contributed by atoms with E-state index in [2.05, 4.69) is 12.1 Å². The Bertz CT molecular complexity index is 1380. The van der Waals surface area contributed by atoms with Crippen molar-refractivity contribution in [1.29, 1.82) is 0 Å². The topological polar surface area (TPSA) is 68.3 Å². The molecule has 4 aliphatic heterocycles. The SMILES string of the molecule is CS[C@@]12c3ccccc3CCN1C(=O)[C@@H]2N1C(=O)[C@@H](Oc2ccccc2)[C@H]1c1ccc2c(c1)OCO2. The van der Waals surface area contributed by atoms with Gasteiger partial charge in [-0.25, -0.2) is 0 Å². The second-order valence-corrected chi connectivity index (χ2v) is 10.4. The molecule has 0 aliphatic carbocycles. The molecule has 7 rings (SSSR count). The Kier molecular flexibility index (Phi) is 4.76. The Hall–Kier alpha value is -3.65. The summed E-state index contributed by atoms with van der Waals surface area (Å²) < 4.78 is 17.3. The van der Waals surface area contributed by atoms with Crippen molar-refractivity contribution in [3.05, 3.63) is 89.5 Å². The van der Waals surface area contributed by atoms with E-state index in [1.807, 2.05) is 71.8 Å². The molecule has 3 aromatic rings. The van der Waals surface area contributed by atoms with Gasteiger partial charge in [0, 0.05) is 6.54 Å². The number of carbonyl (C=O) groups excluding carboxylic acids is 2. The number of nitrogens with zero attached hydrogens (tertiary/aromatic N) is 2. The number of hydrogen-bond donors (Lipinski definition) is 0. The molecule has 182 valence electrons. The summed E-state index contributed by atoms with van der Waals surface area (Å²) in [6.45, 7) is 0.812. The number of benzene rings is 3. The van der Waals surface area contributed by atoms with Crippen LogP contribution in [0.4, 0.5) is 0 Å². The van der Waals surface area contributed by atoms with Crippen LogP contribution >= 0.6 is 11.8 Å². The summed E-state index contributed by atoms with van der Waals surface area (Å²) in [5, 5.41) is 0. The molecule has 0 aromatic heterocycles. The normalized spacial score (nSPS) is 27.6. The lowest BCUT2D eigenvalue weighted by atomic mass is 9.76. The largest absolute Gasteiger partial charge is 0.478 e. The van der Waals surface area contributed by atoms with E-state index in [-0.39, 0.29) is 18.6 Å². The van der Waals surface area contributed by atoms with E-state index < -0.39 is 23.1 Å². The van der Waals surface area contributed by atoms with E-state index in [1.54, 1.807) is 16.7 Å². The lowest BCUT2D eigenvalue weighted by molar-refractivity contribution is -0.195. The molecular formula is C28H24N2O5S. The van der Waals surface area contributed by atoms with Crippen LogP contribution in [0.5, 0.6) is 17.2 Å². The zero-order valence-corrected chi connectivity index (χ0v) is 20.4. The monoisotopic (exact) mass is 500 g/mol. The molecule has 4 atom stereocenters. The Labute approximate surface area is 212 Å². The third-order valence-corrected chi connectivity index (χ3v) is 8.98. The van der Waals surface area contributed by atoms with E-state index in [0.29, 0.717) is 23.8 Å². The van der Waals surface area contributed by atoms with Gasteiger partial charge in [-0.1, -0.05) is 48.5 Å². The van der Waals surface area contributed by atoms with E-state index in [0.717, 1.165) is 17.5 Å². The van der Waals surface area contributed by atoms with Crippen LogP contribution in [-0.2, 0) is 20.9 Å². The predicted octanol–water partition coefficient (Wildman–Crippen LogP) is 3.73. The highest BCUT2D eigenvalue weighted by Gasteiger charge is 2.70. The molecule has 2 saturated heterocycles. The first-order valence-electron chi connectivity index (χ1n) is 12.0. The van der Waals surface area contributed by atoms with Crippen LogP contribution in [0.1, 0.15) is 22.7 Å². The summed E-state index contributed by atoms with van der Waals surface area (Å²) in [5.74, 6) is 1.72. The Morgan fingerprint density at radius 1 is 0.944 bits per heavy atom. The third-order valence-electron chi connectivity index (χ3n) is 7.70. The molecular weight excluding hydrogens is 476 g/mol. The van der Waals surface area contributed by atoms with Gasteiger partial charge in [0.05, 0.1) is 0 Å². The van der Waals surface area contributed by atoms with Gasteiger partial charge in [0.25, 0.3) is 11.8 Å². The van der Waals surface area contributed by atoms with Gasteiger partial charge in [-0.3, -0.25) is 9.59 Å². The molecule has 4 aliphatic rings. The van der Waals surface area contributed by atoms with Gasteiger partial charge in [0.15, 0.2) is 11.5 Å². The fourth-order valence-electron chi connectivity index (χ4n) is 6.05. The van der Waals surface area contributed by atoms with Gasteiger partial charge in [0.1, 0.15) is 22.7 Å². The average molecular weight is 501 g/mol. The first-order chi connectivity index (χ1) is 17.6. The van der Waals surface area contributed by atoms with Crippen molar-refractivity contribution in [2.24, 2.45) is 0 Å². The van der Waals surface area contributed by atoms with Gasteiger partial charge in [-0.05, 0) is 53.6 Å². The Morgan fingerprint density at radius 2 is 1.72 bits per heavy atom. The smallest absolute Gasteiger partial charge is 0.267 e. The number of hydrogen-bond acceptors (Lipinski definition) is 6. The predicted molar refractivity (Wildman–Crippen MR) is 134 cm³/mol. The number of amides is 2. The number of ether oxygens (including phenoxy) is 3. The van der Waals surface area contributed by atoms with E-state index >= 15 is 0 Å². The minimum absolute atomic E-state index is 0.0175. The van der Waals surface area contributed by atoms with Crippen molar-refractivity contribution in [1.82, 2.24) is 9.80 Å². The van der Waals surface area contributed by atoms with Crippen LogP contribution in [0.15, 0.2) is 72.8 Å². The highest BCUT2D eigenvalue weighted by molar-refractivity contribution is 7.99. The number of fused-ring (bicyclic) bond motifs is 4. The number of thioether (sulfide) groups is 1. The van der Waals surface area contributed by atoms with Crippen LogP contribution in [0.3, 0.4) is 0 Å². The summed E-state index contributed by atoms with van der Waals surface area (Å²) >= 11 is 1.63. The third kappa shape index (κ3) is 2.82. The lowest BCUT2D eigenvalue weighted by Crippen LogP contribution is -2.81. The zero-order chi connectivity index (χ0) is 24.4. The van der Waals surface area contributed by atoms with E-state index in [4.69, 9.17) is 14.2 Å². The fraction of sp³-hybridized carbons (Fsp3) is 0.286. The number of likely N-dealkylation sites (tertiary alicyclic amines) is 1. The van der Waals surface area contributed by atoms with E-state index in [9.17, 15) is 9.59 Å². The molecule has 0 unspecified atom stereocenters. The number of rotatable bonds is 5. The Balaban J connectivity index is 1.32. The van der Waals surface area contributed by atoms with Crippen LogP contribution < -0.4 is 14.2 Å². The number of carbonyl (C=O) groups is 2. The van der Waals surface area contributed by atoms with Gasteiger partial charge in [-0.15, -0.1) is 11.8 Å². The van der Waals surface area contributed by atoms with Gasteiger partial charge < -0.3 is 24.0 Å². The van der Waals surface area contributed by atoms with Crippen molar-refractivity contribution < 1.29 is 23.8 Å². The van der Waals surface area contributed by atoms with E-state index in [1.165, 1.54) is 5.56 Å². The molecule has 3 aromatic carbocycles. The Morgan fingerprint density at radius 3 is 2.56 bits per heavy atom. The fourth-order valence-corrected chi connectivity index (χ4v) is 7.31. The number of β-lactam (4-membered cyclic amide) rings is 2. The van der Waals surface area contributed by atoms with Crippen molar-refractivity contribution in [3.63, 3.8) is 0 Å². The zero-order valence-electron chi connectivity index (χ0n) is 19.6. The maximum absolute atomic E-state index is 13.8. The molecule has 7 nitrogen and oxygen atoms in total. The van der Waals surface area contributed by atoms with Crippen LogP contribution in [-0.4, -0.2) is 53.4 Å². The van der Waals surface area contributed by atoms with Crippen molar-refractivity contribution in [2.45, 2.75) is 29.5 Å². The molecule has 0 saturated carbocycles. The summed E-state index contributed by atoms with van der Waals surface area (Å²) in [4.78, 5) is 30.4. The second-order valence-electron chi connectivity index (χ2n) is 9.35. The standard InChI is InChI=1S/C28H24N2O5S/c1-36-28-20-10-6-5-7-17(20)13-14-29(28)27(32)25(28)30-23(18-11-12-21-22(15-18)34-16-33-21)24(26(30)31)35-19-8-3-2-4-9-19/h2-12,15,23-25H,13-14,16H2,1H3/t23-,24+,25+,28-/m1/s1. The summed E-state index contributed by atoms with van der Waals surface area (Å²) in [6, 6.07) is 22.2. The lowest BCUT2D eigenvalue weighted by Gasteiger charge is -2.65. The van der Waals surface area contributed by atoms with Gasteiger partial charge in [0.2, 0.25) is 12.9 Å². The van der Waals surface area contributed by atoms with Crippen molar-refractivity contribution in [3.8, 4) is 17.2 Å². The van der Waals surface area contributed by atoms with Crippen LogP contribution in [0.2, 0.25) is 0 Å². The molecule has 2 fully saturated rings. The molecule has 36 heavy (non-hydrogen) atoms. The van der Waals surface area contributed by atoms with Crippen LogP contribution in [0, 0.1) is 0 Å². The molecule has 4 heterocycles. The highest BCUT2D eigenvalue weighted by Crippen LogP contribution is 2.58.